The second kappa shape index (κ2) is 28.5. The van der Waals surface area contributed by atoms with Crippen LogP contribution in [0.15, 0.2) is 54.6 Å². The summed E-state index contributed by atoms with van der Waals surface area (Å²) in [6.07, 6.45) is 3.78. The summed E-state index contributed by atoms with van der Waals surface area (Å²) in [4.78, 5) is 45.9. The van der Waals surface area contributed by atoms with Crippen LogP contribution in [0.3, 0.4) is 0 Å². The first-order valence-corrected chi connectivity index (χ1v) is 32.7. The van der Waals surface area contributed by atoms with Crippen molar-refractivity contribution in [2.75, 3.05) is 26.8 Å². The summed E-state index contributed by atoms with van der Waals surface area (Å²) in [5.74, 6) is -3.38. The number of carbonyl (C=O) groups is 2. The van der Waals surface area contributed by atoms with Gasteiger partial charge in [0.15, 0.2) is 6.29 Å². The number of ether oxygens (including phenoxy) is 3. The van der Waals surface area contributed by atoms with Crippen LogP contribution in [-0.2, 0) is 23.8 Å². The number of unbranched alkanes of at least 4 members (excludes halogenated alkanes) is 9. The molecule has 2 aliphatic rings. The van der Waals surface area contributed by atoms with Gasteiger partial charge in [0.25, 0.3) is 0 Å². The molecule has 0 saturated carbocycles. The maximum absolute atomic E-state index is 14.4. The van der Waals surface area contributed by atoms with E-state index in [0.717, 1.165) is 107 Å². The average Bonchev–Trinajstić information content (AvgIpc) is 3.37. The van der Waals surface area contributed by atoms with Crippen molar-refractivity contribution in [1.82, 2.24) is 9.80 Å². The molecule has 0 aliphatic carbocycles. The van der Waals surface area contributed by atoms with Gasteiger partial charge < -0.3 is 49.5 Å². The third kappa shape index (κ3) is 16.1. The summed E-state index contributed by atoms with van der Waals surface area (Å²) in [5, 5.41) is 62.9. The van der Waals surface area contributed by atoms with Gasteiger partial charge >= 0.3 is 240 Å². The summed E-state index contributed by atoms with van der Waals surface area (Å²) in [6, 6.07) is 18.7. The van der Waals surface area contributed by atoms with Crippen molar-refractivity contribution in [2.45, 2.75) is 253 Å². The second-order valence-electron chi connectivity index (χ2n) is 26.0. The van der Waals surface area contributed by atoms with Gasteiger partial charge in [-0.1, -0.05) is 20.8 Å². The molecule has 2 heterocycles. The first kappa shape index (κ1) is 67.5. The van der Waals surface area contributed by atoms with Crippen LogP contribution in [0, 0.1) is 59.3 Å². The van der Waals surface area contributed by atoms with Crippen LogP contribution < -0.4 is 15.9 Å². The number of amides is 1. The van der Waals surface area contributed by atoms with Crippen LogP contribution in [0.25, 0.3) is 0 Å². The van der Waals surface area contributed by atoms with Gasteiger partial charge in [0.1, 0.15) is 23.9 Å². The van der Waals surface area contributed by atoms with Crippen LogP contribution in [-0.4, -0.2) is 145 Å². The number of aryl methyl sites for hydroxylation is 6. The molecule has 0 bridgehead atoms. The Morgan fingerprint density at radius 3 is 1.57 bits per heavy atom. The van der Waals surface area contributed by atoms with Crippen molar-refractivity contribution < 1.29 is 54.2 Å². The second-order valence-corrected chi connectivity index (χ2v) is 30.5. The predicted molar refractivity (Wildman–Crippen MR) is 325 cm³/mol. The molecule has 452 valence electrons. The molecular weight excluding hydrogens is 1030 g/mol. The van der Waals surface area contributed by atoms with E-state index in [2.05, 4.69) is 96.1 Å². The van der Waals surface area contributed by atoms with Crippen LogP contribution in [0.1, 0.15) is 179 Å². The van der Waals surface area contributed by atoms with Gasteiger partial charge in [-0.2, -0.15) is 0 Å². The fraction of sp³-hybridized carbons (Fsp3) is 0.697. The number of carbonyl (C=O) groups excluding carboxylic acids is 2. The predicted octanol–water partition coefficient (Wildman–Crippen LogP) is 9.45. The number of likely N-dealkylation sites (N-methyl/N-ethyl adjacent to an activating group) is 1. The van der Waals surface area contributed by atoms with E-state index in [4.69, 9.17) is 14.2 Å². The smallest absolute Gasteiger partial charge is 0.126 e. The zero-order valence-corrected chi connectivity index (χ0v) is 52.9. The minimum Gasteiger partial charge on any atom is -0.388 e. The zero-order chi connectivity index (χ0) is 59.7. The van der Waals surface area contributed by atoms with Gasteiger partial charge in [-0.05, 0) is 73.9 Å². The summed E-state index contributed by atoms with van der Waals surface area (Å²) >= 11 is 0. The van der Waals surface area contributed by atoms with Crippen LogP contribution in [0.5, 0.6) is 0 Å². The third-order valence-corrected chi connectivity index (χ3v) is 23.3. The number of nitrogens with zero attached hydrogens (tertiary/aromatic N) is 2. The van der Waals surface area contributed by atoms with E-state index in [1.165, 1.54) is 13.8 Å². The van der Waals surface area contributed by atoms with E-state index in [1.54, 1.807) is 32.6 Å². The maximum atomic E-state index is 14.4. The Hall–Kier alpha value is -3.33. The fourth-order valence-electron chi connectivity index (χ4n) is 13.6. The number of hydrogen-bond acceptors (Lipinski definition) is 12. The number of benzene rings is 3. The molecule has 2 fully saturated rings. The Morgan fingerprint density at radius 1 is 0.700 bits per heavy atom. The minimum atomic E-state index is -3.93. The molecule has 6 N–H and O–H groups in total. The van der Waals surface area contributed by atoms with Crippen LogP contribution >= 0.6 is 6.83 Å². The fourth-order valence-corrected chi connectivity index (χ4v) is 19.0. The number of hydrogen-bond donors (Lipinski definition) is 6. The Kier molecular flexibility index (Phi) is 24.0. The van der Waals surface area contributed by atoms with Gasteiger partial charge in [-0.15, -0.1) is 0 Å². The van der Waals surface area contributed by atoms with Crippen molar-refractivity contribution in [2.24, 2.45) is 17.8 Å². The van der Waals surface area contributed by atoms with Crippen molar-refractivity contribution in [3.05, 3.63) is 88.0 Å². The Balaban J connectivity index is 1.23. The van der Waals surface area contributed by atoms with E-state index in [1.807, 2.05) is 32.8 Å². The molecule has 3 aromatic carbocycles. The first-order valence-electron chi connectivity index (χ1n) is 30.3. The molecule has 0 aromatic heterocycles. The van der Waals surface area contributed by atoms with Crippen molar-refractivity contribution in [1.29, 1.82) is 0 Å². The van der Waals surface area contributed by atoms with Gasteiger partial charge in [0, 0.05) is 18.5 Å². The van der Waals surface area contributed by atoms with E-state index in [-0.39, 0.29) is 49.8 Å². The molecule has 2 saturated heterocycles. The largest absolute Gasteiger partial charge is 0.388 e. The van der Waals surface area contributed by atoms with E-state index >= 15 is 0 Å². The minimum absolute atomic E-state index is 0.0844. The van der Waals surface area contributed by atoms with Gasteiger partial charge in [-0.3, -0.25) is 9.59 Å². The molecule has 80 heavy (non-hydrogen) atoms. The summed E-state index contributed by atoms with van der Waals surface area (Å²) < 4.78 is 18.6. The summed E-state index contributed by atoms with van der Waals surface area (Å²) in [6.45, 7) is 22.4. The number of esters is 1. The van der Waals surface area contributed by atoms with Crippen molar-refractivity contribution in [3.63, 3.8) is 0 Å². The van der Waals surface area contributed by atoms with E-state index in [9.17, 15) is 40.0 Å². The summed E-state index contributed by atoms with van der Waals surface area (Å²) in [5.41, 5.74) is 3.28. The maximum Gasteiger partial charge on any atom is 0.126 e. The Morgan fingerprint density at radius 2 is 1.14 bits per heavy atom. The molecule has 0 unspecified atom stereocenters. The molecule has 14 heteroatoms. The molecule has 0 radical (unpaired) electrons. The number of aliphatic hydroxyl groups is 5. The molecule has 13 nitrogen and oxygen atoms in total. The molecule has 3 aromatic rings. The van der Waals surface area contributed by atoms with Crippen molar-refractivity contribution in [3.8, 4) is 0 Å². The van der Waals surface area contributed by atoms with Crippen LogP contribution in [0.2, 0.25) is 0 Å². The topological polar surface area (TPSA) is 190 Å². The van der Waals surface area contributed by atoms with Crippen LogP contribution in [0.4, 0.5) is 0 Å². The zero-order valence-electron chi connectivity index (χ0n) is 52.0. The van der Waals surface area contributed by atoms with E-state index in [0.29, 0.717) is 19.0 Å². The molecule has 1 amide bonds. The van der Waals surface area contributed by atoms with Gasteiger partial charge in [0.2, 0.25) is 5.91 Å². The average molecular weight is 1140 g/mol. The normalized spacial score (nSPS) is 31.0. The molecule has 2 aliphatic heterocycles. The molecule has 5 rings (SSSR count). The number of cyclic esters (lactones) is 1. The molecule has 14 atom stereocenters. The monoisotopic (exact) mass is 1130 g/mol. The standard InChI is InChI=1S/C66H107N2O11P/c1-17-57-66(14,75)61(72)52(12)68(41-48(8)40-65(13,74)62(50(10)59(70)51(11)63(73)78-57)79-64-60(71)56(67(15)16)39-49(9)77-64)58(69)28-26-24-22-20-18-19-21-23-25-27-29-80(76,53-33-42(2)30-43(3)34-53,54-35-44(4)31-45(5)36-54)55-37-46(6)32-47(7)38-55/h30-38,48-52,56-57,59-62,64,70-72,74-76H,17-29,39-41H2,1-16H3/t48-,49-,50+,51-,52-,56+,57-,59+,60-,61-,62-,64+,65-,66-/m1/s1. The Bertz CT molecular complexity index is 2310. The molecule has 0 spiro atoms. The quantitative estimate of drug-likeness (QED) is 0.0358. The number of rotatable bonds is 20. The first-order chi connectivity index (χ1) is 37.3. The molecular formula is C66H107N2O11P. The van der Waals surface area contributed by atoms with Gasteiger partial charge in [-0.25, -0.2) is 0 Å². The van der Waals surface area contributed by atoms with E-state index < -0.39 is 78.7 Å². The summed E-state index contributed by atoms with van der Waals surface area (Å²) in [7, 11) is 3.74. The number of aliphatic hydroxyl groups excluding tert-OH is 3. The van der Waals surface area contributed by atoms with Crippen molar-refractivity contribution >= 4 is 34.6 Å². The SMILES string of the molecule is CC[C@H]1OC(=O)[C@H](C)[C@@H](O)[C@H](C)[C@@H](O[C@@H]2O[C@H](C)C[C@H](N(C)C)[C@H]2O)[C@](C)(O)C[C@@H](C)CN(C(=O)CCCCCCCCCCCCP(O)(c2cc(C)cc(C)c2)(c2cc(C)cc(C)c2)c2cc(C)cc(C)c2)[C@H](C)[C@@H](O)[C@]1(C)O. The van der Waals surface area contributed by atoms with Gasteiger partial charge in [0.05, 0.1) is 35.9 Å². The Labute approximate surface area is 482 Å². The third-order valence-electron chi connectivity index (χ3n) is 18.0.